The maximum absolute atomic E-state index is 8.96. The summed E-state index contributed by atoms with van der Waals surface area (Å²) in [6.45, 7) is 0.714. The Hall–Kier alpha value is -2.57. The van der Waals surface area contributed by atoms with Crippen LogP contribution in [0.2, 0.25) is 5.02 Å². The molecule has 3 nitrogen and oxygen atoms in total. The van der Waals surface area contributed by atoms with E-state index in [1.54, 1.807) is 0 Å². The Morgan fingerprint density at radius 3 is 2.74 bits per heavy atom. The molecule has 0 saturated heterocycles. The van der Waals surface area contributed by atoms with Gasteiger partial charge in [0, 0.05) is 21.5 Å². The number of benzene rings is 2. The third kappa shape index (κ3) is 2.42. The average molecular weight is 321 g/mol. The molecule has 2 heterocycles. The fourth-order valence-electron chi connectivity index (χ4n) is 3.01. The van der Waals surface area contributed by atoms with Gasteiger partial charge in [0.1, 0.15) is 5.75 Å². The van der Waals surface area contributed by atoms with Crippen molar-refractivity contribution < 1.29 is 4.74 Å². The normalized spacial score (nSPS) is 13.2. The highest BCUT2D eigenvalue weighted by atomic mass is 35.5. The van der Waals surface area contributed by atoms with Crippen molar-refractivity contribution in [1.82, 2.24) is 4.98 Å². The van der Waals surface area contributed by atoms with Crippen LogP contribution >= 0.6 is 11.6 Å². The average Bonchev–Trinajstić information content (AvgIpc) is 2.61. The molecule has 1 aliphatic heterocycles. The van der Waals surface area contributed by atoms with Crippen LogP contribution < -0.4 is 4.74 Å². The lowest BCUT2D eigenvalue weighted by Crippen LogP contribution is -2.11. The summed E-state index contributed by atoms with van der Waals surface area (Å²) in [6.07, 6.45) is 1.91. The molecule has 0 aliphatic carbocycles. The summed E-state index contributed by atoms with van der Waals surface area (Å²) in [5.74, 6) is 0.892. The highest BCUT2D eigenvalue weighted by Gasteiger charge is 2.20. The number of pyridine rings is 1. The quantitative estimate of drug-likeness (QED) is 0.650. The molecule has 0 amide bonds. The van der Waals surface area contributed by atoms with Crippen molar-refractivity contribution >= 4 is 22.5 Å². The number of aromatic nitrogens is 1. The van der Waals surface area contributed by atoms with Gasteiger partial charge < -0.3 is 4.74 Å². The number of halogens is 1. The van der Waals surface area contributed by atoms with Crippen molar-refractivity contribution in [3.05, 3.63) is 58.6 Å². The van der Waals surface area contributed by atoms with Gasteiger partial charge in [0.05, 0.1) is 29.5 Å². The van der Waals surface area contributed by atoms with Gasteiger partial charge in [-0.15, -0.1) is 0 Å². The third-order valence-electron chi connectivity index (χ3n) is 4.10. The molecule has 0 spiro atoms. The first kappa shape index (κ1) is 14.0. The van der Waals surface area contributed by atoms with Crippen LogP contribution in [0.4, 0.5) is 0 Å². The van der Waals surface area contributed by atoms with E-state index in [2.05, 4.69) is 6.07 Å². The summed E-state index contributed by atoms with van der Waals surface area (Å²) < 4.78 is 5.95. The van der Waals surface area contributed by atoms with Gasteiger partial charge in [0.15, 0.2) is 0 Å². The maximum Gasteiger partial charge on any atom is 0.134 e. The Labute approximate surface area is 139 Å². The number of ether oxygens (including phenoxy) is 1. The molecule has 4 heteroatoms. The van der Waals surface area contributed by atoms with Crippen LogP contribution in [0.25, 0.3) is 22.2 Å². The number of nitrogens with zero attached hydrogens (tertiary/aromatic N) is 2. The van der Waals surface area contributed by atoms with E-state index in [-0.39, 0.29) is 0 Å². The van der Waals surface area contributed by atoms with Gasteiger partial charge in [0.25, 0.3) is 0 Å². The molecule has 0 N–H and O–H groups in total. The monoisotopic (exact) mass is 320 g/mol. The minimum atomic E-state index is 0.645. The molecule has 4 rings (SSSR count). The van der Waals surface area contributed by atoms with E-state index in [1.165, 1.54) is 0 Å². The summed E-state index contributed by atoms with van der Waals surface area (Å²) in [5.41, 5.74) is 4.57. The first-order valence-corrected chi connectivity index (χ1v) is 7.89. The largest absolute Gasteiger partial charge is 0.492 e. The highest BCUT2D eigenvalue weighted by Crippen LogP contribution is 2.39. The predicted molar refractivity (Wildman–Crippen MR) is 90.7 cm³/mol. The van der Waals surface area contributed by atoms with Gasteiger partial charge in [-0.05, 0) is 43.2 Å². The van der Waals surface area contributed by atoms with Gasteiger partial charge in [-0.3, -0.25) is 0 Å². The molecule has 1 aliphatic rings. The summed E-state index contributed by atoms with van der Waals surface area (Å²) in [7, 11) is 0. The molecule has 23 heavy (non-hydrogen) atoms. The number of fused-ring (bicyclic) bond motifs is 3. The second kappa shape index (κ2) is 5.57. The standard InChI is InChI=1S/C19H13ClN2O/c20-14-7-8-17-16(10-14)19-15(2-1-9-23-19)18(22-17)13-5-3-12(11-21)4-6-13/h3-8,10H,1-2,9H2. The summed E-state index contributed by atoms with van der Waals surface area (Å²) in [5, 5.41) is 10.6. The lowest BCUT2D eigenvalue weighted by atomic mass is 9.96. The fourth-order valence-corrected chi connectivity index (χ4v) is 3.18. The lowest BCUT2D eigenvalue weighted by Gasteiger charge is -2.22. The van der Waals surface area contributed by atoms with Gasteiger partial charge in [-0.25, -0.2) is 4.98 Å². The minimum Gasteiger partial charge on any atom is -0.492 e. The first-order chi connectivity index (χ1) is 11.3. The number of nitriles is 1. The summed E-state index contributed by atoms with van der Waals surface area (Å²) in [4.78, 5) is 4.83. The fraction of sp³-hybridized carbons (Fsp3) is 0.158. The second-order valence-corrected chi connectivity index (χ2v) is 6.01. The molecular weight excluding hydrogens is 308 g/mol. The van der Waals surface area contributed by atoms with Crippen molar-refractivity contribution in [2.75, 3.05) is 6.61 Å². The van der Waals surface area contributed by atoms with Crippen molar-refractivity contribution in [1.29, 1.82) is 5.26 Å². The van der Waals surface area contributed by atoms with E-state index >= 15 is 0 Å². The Balaban J connectivity index is 1.99. The molecule has 0 saturated carbocycles. The van der Waals surface area contributed by atoms with Gasteiger partial charge in [-0.2, -0.15) is 5.26 Å². The molecule has 112 valence electrons. The molecular formula is C19H13ClN2O. The van der Waals surface area contributed by atoms with Crippen LogP contribution in [0.15, 0.2) is 42.5 Å². The molecule has 1 aromatic heterocycles. The summed E-state index contributed by atoms with van der Waals surface area (Å²) >= 11 is 6.14. The number of hydrogen-bond acceptors (Lipinski definition) is 3. The Bertz CT molecular complexity index is 942. The zero-order valence-corrected chi connectivity index (χ0v) is 13.1. The van der Waals surface area contributed by atoms with E-state index in [0.717, 1.165) is 46.3 Å². The van der Waals surface area contributed by atoms with E-state index in [9.17, 15) is 0 Å². The molecule has 3 aromatic rings. The maximum atomic E-state index is 8.96. The van der Waals surface area contributed by atoms with Crippen molar-refractivity contribution in [2.45, 2.75) is 12.8 Å². The van der Waals surface area contributed by atoms with Crippen LogP contribution in [-0.2, 0) is 6.42 Å². The van der Waals surface area contributed by atoms with E-state index in [4.69, 9.17) is 26.6 Å². The third-order valence-corrected chi connectivity index (χ3v) is 4.34. The van der Waals surface area contributed by atoms with E-state index < -0.39 is 0 Å². The topological polar surface area (TPSA) is 45.9 Å². The second-order valence-electron chi connectivity index (χ2n) is 5.57. The Morgan fingerprint density at radius 1 is 1.13 bits per heavy atom. The zero-order chi connectivity index (χ0) is 15.8. The molecule has 0 unspecified atom stereocenters. The van der Waals surface area contributed by atoms with Gasteiger partial charge in [-0.1, -0.05) is 23.7 Å². The van der Waals surface area contributed by atoms with Crippen LogP contribution in [0.3, 0.4) is 0 Å². The molecule has 0 fully saturated rings. The Kier molecular flexibility index (Phi) is 3.40. The van der Waals surface area contributed by atoms with Gasteiger partial charge >= 0.3 is 0 Å². The van der Waals surface area contributed by atoms with Crippen LogP contribution in [0, 0.1) is 11.3 Å². The van der Waals surface area contributed by atoms with E-state index in [0.29, 0.717) is 17.2 Å². The van der Waals surface area contributed by atoms with Crippen molar-refractivity contribution in [2.24, 2.45) is 0 Å². The number of rotatable bonds is 1. The smallest absolute Gasteiger partial charge is 0.134 e. The summed E-state index contributed by atoms with van der Waals surface area (Å²) in [6, 6.07) is 15.3. The van der Waals surface area contributed by atoms with Gasteiger partial charge in [0.2, 0.25) is 0 Å². The minimum absolute atomic E-state index is 0.645. The van der Waals surface area contributed by atoms with Crippen LogP contribution in [-0.4, -0.2) is 11.6 Å². The first-order valence-electron chi connectivity index (χ1n) is 7.52. The Morgan fingerprint density at radius 2 is 1.96 bits per heavy atom. The number of hydrogen-bond donors (Lipinski definition) is 0. The zero-order valence-electron chi connectivity index (χ0n) is 12.3. The molecule has 0 radical (unpaired) electrons. The predicted octanol–water partition coefficient (Wildman–Crippen LogP) is 4.75. The molecule has 2 aromatic carbocycles. The SMILES string of the molecule is N#Cc1ccc(-c2nc3ccc(Cl)cc3c3c2CCCO3)cc1. The van der Waals surface area contributed by atoms with Crippen molar-refractivity contribution in [3.63, 3.8) is 0 Å². The van der Waals surface area contributed by atoms with E-state index in [1.807, 2.05) is 42.5 Å². The highest BCUT2D eigenvalue weighted by molar-refractivity contribution is 6.31. The molecule has 0 atom stereocenters. The van der Waals surface area contributed by atoms with Crippen molar-refractivity contribution in [3.8, 4) is 23.1 Å². The van der Waals surface area contributed by atoms with Crippen LogP contribution in [0.1, 0.15) is 17.5 Å². The van der Waals surface area contributed by atoms with Crippen LogP contribution in [0.5, 0.6) is 5.75 Å². The molecule has 0 bridgehead atoms. The lowest BCUT2D eigenvalue weighted by molar-refractivity contribution is 0.292.